The zero-order chi connectivity index (χ0) is 29.0. The number of pyridine rings is 1. The monoisotopic (exact) mass is 738 g/mol. The summed E-state index contributed by atoms with van der Waals surface area (Å²) in [5.41, 5.74) is 10.7. The number of aromatic nitrogens is 2. The van der Waals surface area contributed by atoms with E-state index >= 15 is 0 Å². The topological polar surface area (TPSA) is 23.8 Å². The first kappa shape index (κ1) is 28.9. The molecule has 0 bridgehead atoms. The molecular formula is C38H33IrN4. The van der Waals surface area contributed by atoms with Crippen LogP contribution in [-0.2, 0) is 20.1 Å². The molecule has 0 saturated heterocycles. The van der Waals surface area contributed by atoms with E-state index in [-0.39, 0.29) is 20.1 Å². The molecule has 4 heterocycles. The summed E-state index contributed by atoms with van der Waals surface area (Å²) < 4.78 is 2.41. The maximum atomic E-state index is 4.41. The number of para-hydroxylation sites is 2. The fourth-order valence-electron chi connectivity index (χ4n) is 5.84. The molecule has 0 aliphatic carbocycles. The van der Waals surface area contributed by atoms with Crippen molar-refractivity contribution in [2.45, 2.75) is 40.7 Å². The molecule has 0 amide bonds. The average molecular weight is 738 g/mol. The number of anilines is 1. The molecule has 43 heavy (non-hydrogen) atoms. The number of aryl methyl sites for hydroxylation is 3. The van der Waals surface area contributed by atoms with Gasteiger partial charge in [-0.25, -0.2) is 0 Å². The van der Waals surface area contributed by atoms with Crippen molar-refractivity contribution < 1.29 is 20.1 Å². The Morgan fingerprint density at radius 1 is 0.791 bits per heavy atom. The van der Waals surface area contributed by atoms with Crippen LogP contribution in [0.1, 0.15) is 30.5 Å². The van der Waals surface area contributed by atoms with Gasteiger partial charge in [0.2, 0.25) is 0 Å². The molecule has 0 N–H and O–H groups in total. The summed E-state index contributed by atoms with van der Waals surface area (Å²) in [5.74, 6) is 0. The van der Waals surface area contributed by atoms with Gasteiger partial charge in [0, 0.05) is 22.5 Å². The van der Waals surface area contributed by atoms with Gasteiger partial charge in [-0.2, -0.15) is 18.8 Å². The Hall–Kier alpha value is -4.18. The van der Waals surface area contributed by atoms with Crippen LogP contribution in [0.4, 0.5) is 5.69 Å². The van der Waals surface area contributed by atoms with Gasteiger partial charge in [-0.1, -0.05) is 71.5 Å². The number of rotatable bonds is 3. The summed E-state index contributed by atoms with van der Waals surface area (Å²) in [6.45, 7) is 12.8. The van der Waals surface area contributed by atoms with Crippen LogP contribution in [0.2, 0.25) is 0 Å². The van der Waals surface area contributed by atoms with E-state index in [1.807, 2.05) is 18.3 Å². The smallest absolute Gasteiger partial charge is 0.506 e. The third-order valence-electron chi connectivity index (χ3n) is 8.29. The van der Waals surface area contributed by atoms with Gasteiger partial charge >= 0.3 is 20.1 Å². The molecule has 4 nitrogen and oxygen atoms in total. The minimum Gasteiger partial charge on any atom is -0.506 e. The molecule has 0 fully saturated rings. The standard InChI is InChI=1S/C24H19N3.C14H14N.Ir/c1-16(2)25-13-14-26(15-25)21-11-6-12-22-23(21)19-9-5-8-18-17-7-3-4-10-20(17)27(22)24(18)19;1-10-4-6-13(7-5-10)14-8-11(2)12(3)9-15-14;/h3-10,12-16H,1-2H3;4-6,8-9H,1-3H3;/q-2;-1;+3. The Bertz CT molecular complexity index is 2090. The SMILES string of the molecule is CC(C)N1C=CN(c2[c-]ccc3c2c2cccc4c5ccccc5n3c42)[CH-]1.Cc1c[c-]c(-c2cc(C)c(C)cn2)cc1.[Ir+3]. The van der Waals surface area contributed by atoms with Crippen molar-refractivity contribution in [3.05, 3.63) is 133 Å². The van der Waals surface area contributed by atoms with E-state index in [0.29, 0.717) is 6.04 Å². The maximum Gasteiger partial charge on any atom is 3.00 e. The summed E-state index contributed by atoms with van der Waals surface area (Å²) in [6, 6.07) is 35.0. The summed E-state index contributed by atoms with van der Waals surface area (Å²) >= 11 is 0. The van der Waals surface area contributed by atoms with Crippen LogP contribution >= 0.6 is 0 Å². The van der Waals surface area contributed by atoms with Crippen molar-refractivity contribution in [1.82, 2.24) is 14.3 Å². The molecule has 1 aliphatic rings. The molecule has 0 spiro atoms. The van der Waals surface area contributed by atoms with E-state index in [4.69, 9.17) is 0 Å². The van der Waals surface area contributed by atoms with Crippen molar-refractivity contribution in [3.8, 4) is 11.3 Å². The third kappa shape index (κ3) is 4.97. The number of benzene rings is 4. The first-order chi connectivity index (χ1) is 20.4. The van der Waals surface area contributed by atoms with Crippen LogP contribution in [0, 0.1) is 39.6 Å². The first-order valence-corrected chi connectivity index (χ1v) is 14.5. The van der Waals surface area contributed by atoms with Gasteiger partial charge < -0.3 is 19.2 Å². The summed E-state index contributed by atoms with van der Waals surface area (Å²) in [6.07, 6.45) is 6.17. The van der Waals surface area contributed by atoms with Gasteiger partial charge in [0.25, 0.3) is 0 Å². The zero-order valence-corrected chi connectivity index (χ0v) is 27.4. The quantitative estimate of drug-likeness (QED) is 0.169. The Kier molecular flexibility index (Phi) is 7.72. The molecule has 4 aromatic carbocycles. The van der Waals surface area contributed by atoms with Gasteiger partial charge in [-0.15, -0.1) is 41.5 Å². The van der Waals surface area contributed by atoms with E-state index in [1.165, 1.54) is 54.8 Å². The first-order valence-electron chi connectivity index (χ1n) is 14.5. The molecule has 1 aliphatic heterocycles. The van der Waals surface area contributed by atoms with E-state index in [2.05, 4.69) is 152 Å². The maximum absolute atomic E-state index is 4.41. The summed E-state index contributed by atoms with van der Waals surface area (Å²) in [7, 11) is 0. The molecule has 0 atom stereocenters. The van der Waals surface area contributed by atoms with Gasteiger partial charge in [0.15, 0.2) is 0 Å². The van der Waals surface area contributed by atoms with E-state index in [9.17, 15) is 0 Å². The molecule has 3 aromatic heterocycles. The average Bonchev–Trinajstić information content (AvgIpc) is 3.72. The molecule has 8 rings (SSSR count). The normalized spacial score (nSPS) is 13.0. The van der Waals surface area contributed by atoms with Crippen LogP contribution < -0.4 is 4.90 Å². The molecule has 0 saturated carbocycles. The van der Waals surface area contributed by atoms with Crippen molar-refractivity contribution in [2.24, 2.45) is 0 Å². The molecule has 0 radical (unpaired) electrons. The van der Waals surface area contributed by atoms with Crippen molar-refractivity contribution in [1.29, 1.82) is 0 Å². The van der Waals surface area contributed by atoms with Crippen LogP contribution in [0.5, 0.6) is 0 Å². The molecule has 0 unspecified atom stereocenters. The van der Waals surface area contributed by atoms with E-state index < -0.39 is 0 Å². The Morgan fingerprint density at radius 2 is 1.58 bits per heavy atom. The minimum atomic E-state index is 0. The molecule has 5 heteroatoms. The molecular weight excluding hydrogens is 705 g/mol. The van der Waals surface area contributed by atoms with Gasteiger partial charge in [-0.3, -0.25) is 0 Å². The van der Waals surface area contributed by atoms with E-state index in [0.717, 1.165) is 16.9 Å². The number of fused-ring (bicyclic) bond motifs is 6. The second-order valence-corrected chi connectivity index (χ2v) is 11.4. The number of hydrogen-bond acceptors (Lipinski definition) is 3. The van der Waals surface area contributed by atoms with Gasteiger partial charge in [0.05, 0.1) is 5.52 Å². The molecule has 7 aromatic rings. The minimum absolute atomic E-state index is 0. The number of nitrogens with zero attached hydrogens (tertiary/aromatic N) is 4. The Morgan fingerprint density at radius 3 is 2.33 bits per heavy atom. The number of hydrogen-bond donors (Lipinski definition) is 0. The predicted molar refractivity (Wildman–Crippen MR) is 176 cm³/mol. The molecule has 214 valence electrons. The van der Waals surface area contributed by atoms with E-state index in [1.54, 1.807) is 0 Å². The van der Waals surface area contributed by atoms with Crippen LogP contribution in [0.15, 0.2) is 97.5 Å². The summed E-state index contributed by atoms with van der Waals surface area (Å²) in [4.78, 5) is 8.82. The second-order valence-electron chi connectivity index (χ2n) is 11.4. The summed E-state index contributed by atoms with van der Waals surface area (Å²) in [5, 5.41) is 5.17. The zero-order valence-electron chi connectivity index (χ0n) is 25.0. The Labute approximate surface area is 267 Å². The largest absolute Gasteiger partial charge is 3.00 e. The van der Waals surface area contributed by atoms with Crippen LogP contribution in [0.25, 0.3) is 49.4 Å². The van der Waals surface area contributed by atoms with Crippen molar-refractivity contribution in [2.75, 3.05) is 4.90 Å². The van der Waals surface area contributed by atoms with Crippen LogP contribution in [0.3, 0.4) is 0 Å². The Balaban J connectivity index is 0.000000176. The fraction of sp³-hybridized carbons (Fsp3) is 0.158. The van der Waals surface area contributed by atoms with Crippen LogP contribution in [-0.4, -0.2) is 20.3 Å². The van der Waals surface area contributed by atoms with Crippen molar-refractivity contribution >= 4 is 43.8 Å². The van der Waals surface area contributed by atoms with Gasteiger partial charge in [0.1, 0.15) is 0 Å². The fourth-order valence-corrected chi connectivity index (χ4v) is 5.84. The second kappa shape index (κ2) is 11.5. The third-order valence-corrected chi connectivity index (χ3v) is 8.29. The predicted octanol–water partition coefficient (Wildman–Crippen LogP) is 9.23. The van der Waals surface area contributed by atoms with Crippen molar-refractivity contribution in [3.63, 3.8) is 0 Å². The van der Waals surface area contributed by atoms with Gasteiger partial charge in [-0.05, 0) is 68.8 Å².